The summed E-state index contributed by atoms with van der Waals surface area (Å²) in [6.45, 7) is 1.40. The standard InChI is InChI=1S/C13H16ClNO5/c1-8(20-10-5-3-4-9(14)6-10)12(16)15-11(7-19-2)13(17)18/h3-6,8,11H,7H2,1-2H3,(H,15,16)(H,17,18). The van der Waals surface area contributed by atoms with Gasteiger partial charge in [-0.2, -0.15) is 0 Å². The Kier molecular flexibility index (Phi) is 6.27. The molecule has 0 aliphatic rings. The zero-order valence-electron chi connectivity index (χ0n) is 11.1. The zero-order valence-corrected chi connectivity index (χ0v) is 11.9. The number of ether oxygens (including phenoxy) is 2. The van der Waals surface area contributed by atoms with Crippen LogP contribution in [0.5, 0.6) is 5.75 Å². The lowest BCUT2D eigenvalue weighted by Crippen LogP contribution is -2.48. The second-order valence-corrected chi connectivity index (χ2v) is 4.51. The predicted octanol–water partition coefficient (Wildman–Crippen LogP) is 1.32. The van der Waals surface area contributed by atoms with Crippen molar-refractivity contribution in [3.05, 3.63) is 29.3 Å². The molecule has 1 amide bonds. The number of halogens is 1. The number of benzene rings is 1. The van der Waals surface area contributed by atoms with Crippen molar-refractivity contribution in [3.8, 4) is 5.75 Å². The number of carboxylic acids is 1. The molecule has 1 aromatic carbocycles. The fourth-order valence-electron chi connectivity index (χ4n) is 1.43. The molecule has 20 heavy (non-hydrogen) atoms. The van der Waals surface area contributed by atoms with Crippen LogP contribution in [0.1, 0.15) is 6.92 Å². The third-order valence-corrected chi connectivity index (χ3v) is 2.66. The van der Waals surface area contributed by atoms with Crippen LogP contribution in [-0.2, 0) is 14.3 Å². The number of aliphatic carboxylic acids is 1. The molecule has 0 radical (unpaired) electrons. The maximum Gasteiger partial charge on any atom is 0.328 e. The molecule has 0 fully saturated rings. The fourth-order valence-corrected chi connectivity index (χ4v) is 1.61. The quantitative estimate of drug-likeness (QED) is 0.793. The van der Waals surface area contributed by atoms with Crippen LogP contribution in [0.3, 0.4) is 0 Å². The summed E-state index contributed by atoms with van der Waals surface area (Å²) in [5.41, 5.74) is 0. The van der Waals surface area contributed by atoms with Gasteiger partial charge in [-0.15, -0.1) is 0 Å². The van der Waals surface area contributed by atoms with E-state index in [9.17, 15) is 9.59 Å². The van der Waals surface area contributed by atoms with Crippen molar-refractivity contribution in [2.24, 2.45) is 0 Å². The molecule has 0 heterocycles. The highest BCUT2D eigenvalue weighted by atomic mass is 35.5. The van der Waals surface area contributed by atoms with Crippen molar-refractivity contribution >= 4 is 23.5 Å². The van der Waals surface area contributed by atoms with E-state index in [-0.39, 0.29) is 6.61 Å². The van der Waals surface area contributed by atoms with E-state index in [1.165, 1.54) is 14.0 Å². The van der Waals surface area contributed by atoms with Crippen molar-refractivity contribution in [3.63, 3.8) is 0 Å². The van der Waals surface area contributed by atoms with E-state index in [0.29, 0.717) is 10.8 Å². The molecule has 0 aromatic heterocycles. The molecule has 0 spiro atoms. The van der Waals surface area contributed by atoms with E-state index in [1.54, 1.807) is 24.3 Å². The van der Waals surface area contributed by atoms with Crippen molar-refractivity contribution in [2.45, 2.75) is 19.1 Å². The summed E-state index contributed by atoms with van der Waals surface area (Å²) in [4.78, 5) is 22.7. The minimum absolute atomic E-state index is 0.120. The van der Waals surface area contributed by atoms with Crippen LogP contribution in [0, 0.1) is 0 Å². The molecule has 2 atom stereocenters. The number of hydrogen-bond donors (Lipinski definition) is 2. The normalized spacial score (nSPS) is 13.3. The predicted molar refractivity (Wildman–Crippen MR) is 73.0 cm³/mol. The average Bonchev–Trinajstić information content (AvgIpc) is 2.37. The Morgan fingerprint density at radius 2 is 2.15 bits per heavy atom. The molecular weight excluding hydrogens is 286 g/mol. The van der Waals surface area contributed by atoms with Gasteiger partial charge in [0.2, 0.25) is 0 Å². The first-order valence-corrected chi connectivity index (χ1v) is 6.26. The van der Waals surface area contributed by atoms with Gasteiger partial charge in [-0.05, 0) is 25.1 Å². The van der Waals surface area contributed by atoms with Gasteiger partial charge >= 0.3 is 5.97 Å². The topological polar surface area (TPSA) is 84.9 Å². The highest BCUT2D eigenvalue weighted by Gasteiger charge is 2.23. The van der Waals surface area contributed by atoms with Crippen LogP contribution in [-0.4, -0.2) is 42.8 Å². The van der Waals surface area contributed by atoms with Crippen molar-refractivity contribution < 1.29 is 24.2 Å². The van der Waals surface area contributed by atoms with E-state index >= 15 is 0 Å². The molecule has 1 rings (SSSR count). The molecule has 0 bridgehead atoms. The SMILES string of the molecule is COCC(NC(=O)C(C)Oc1cccc(Cl)c1)C(=O)O. The fraction of sp³-hybridized carbons (Fsp3) is 0.385. The molecule has 2 N–H and O–H groups in total. The van der Waals surface area contributed by atoms with Gasteiger partial charge in [-0.25, -0.2) is 4.79 Å². The molecule has 0 aliphatic carbocycles. The average molecular weight is 302 g/mol. The first-order chi connectivity index (χ1) is 9.43. The second kappa shape index (κ2) is 7.72. The maximum atomic E-state index is 11.8. The summed E-state index contributed by atoms with van der Waals surface area (Å²) >= 11 is 5.80. The van der Waals surface area contributed by atoms with Gasteiger partial charge in [-0.3, -0.25) is 4.79 Å². The number of nitrogens with one attached hydrogen (secondary N) is 1. The van der Waals surface area contributed by atoms with Crippen molar-refractivity contribution in [1.29, 1.82) is 0 Å². The Labute approximate surface area is 121 Å². The Hall–Kier alpha value is -1.79. The van der Waals surface area contributed by atoms with E-state index in [1.807, 2.05) is 0 Å². The first kappa shape index (κ1) is 16.3. The Morgan fingerprint density at radius 3 is 2.70 bits per heavy atom. The van der Waals surface area contributed by atoms with Crippen LogP contribution in [0.25, 0.3) is 0 Å². The minimum Gasteiger partial charge on any atom is -0.481 e. The monoisotopic (exact) mass is 301 g/mol. The van der Waals surface area contributed by atoms with Crippen LogP contribution in [0.4, 0.5) is 0 Å². The van der Waals surface area contributed by atoms with Crippen LogP contribution >= 0.6 is 11.6 Å². The van der Waals surface area contributed by atoms with Gasteiger partial charge in [0, 0.05) is 12.1 Å². The lowest BCUT2D eigenvalue weighted by atomic mass is 10.2. The Bertz CT molecular complexity index is 480. The molecule has 6 nitrogen and oxygen atoms in total. The highest BCUT2D eigenvalue weighted by Crippen LogP contribution is 2.18. The molecule has 0 aliphatic heterocycles. The van der Waals surface area contributed by atoms with Gasteiger partial charge in [0.05, 0.1) is 6.61 Å². The molecule has 110 valence electrons. The lowest BCUT2D eigenvalue weighted by Gasteiger charge is -2.18. The van der Waals surface area contributed by atoms with Crippen molar-refractivity contribution in [2.75, 3.05) is 13.7 Å². The Morgan fingerprint density at radius 1 is 1.45 bits per heavy atom. The molecule has 0 saturated carbocycles. The maximum absolute atomic E-state index is 11.8. The summed E-state index contributed by atoms with van der Waals surface area (Å²) in [5, 5.41) is 11.7. The molecule has 1 aromatic rings. The number of carbonyl (C=O) groups is 2. The van der Waals surface area contributed by atoms with Gasteiger partial charge in [-0.1, -0.05) is 17.7 Å². The largest absolute Gasteiger partial charge is 0.481 e. The summed E-state index contributed by atoms with van der Waals surface area (Å²) in [6.07, 6.45) is -0.854. The molecule has 7 heteroatoms. The molecular formula is C13H16ClNO5. The Balaban J connectivity index is 2.60. The van der Waals surface area contributed by atoms with E-state index < -0.39 is 24.0 Å². The minimum atomic E-state index is -1.17. The third kappa shape index (κ3) is 5.07. The second-order valence-electron chi connectivity index (χ2n) is 4.07. The highest BCUT2D eigenvalue weighted by molar-refractivity contribution is 6.30. The summed E-state index contributed by atoms with van der Waals surface area (Å²) < 4.78 is 10.1. The van der Waals surface area contributed by atoms with E-state index in [2.05, 4.69) is 5.32 Å². The summed E-state index contributed by atoms with van der Waals surface area (Å²) in [7, 11) is 1.36. The number of hydrogen-bond acceptors (Lipinski definition) is 4. The van der Waals surface area contributed by atoms with E-state index in [0.717, 1.165) is 0 Å². The molecule has 2 unspecified atom stereocenters. The van der Waals surface area contributed by atoms with Gasteiger partial charge in [0.25, 0.3) is 5.91 Å². The number of carbonyl (C=O) groups excluding carboxylic acids is 1. The third-order valence-electron chi connectivity index (χ3n) is 2.43. The van der Waals surface area contributed by atoms with E-state index in [4.69, 9.17) is 26.2 Å². The lowest BCUT2D eigenvalue weighted by molar-refractivity contribution is -0.144. The molecule has 0 saturated heterocycles. The number of methoxy groups -OCH3 is 1. The number of carboxylic acid groups (broad SMARTS) is 1. The van der Waals surface area contributed by atoms with Gasteiger partial charge in [0.15, 0.2) is 12.1 Å². The summed E-state index contributed by atoms with van der Waals surface area (Å²) in [5.74, 6) is -1.29. The summed E-state index contributed by atoms with van der Waals surface area (Å²) in [6, 6.07) is 5.47. The van der Waals surface area contributed by atoms with Gasteiger partial charge in [0.1, 0.15) is 5.75 Å². The zero-order chi connectivity index (χ0) is 15.1. The van der Waals surface area contributed by atoms with Gasteiger partial charge < -0.3 is 19.9 Å². The number of amides is 1. The van der Waals surface area contributed by atoms with Crippen LogP contribution < -0.4 is 10.1 Å². The van der Waals surface area contributed by atoms with Crippen molar-refractivity contribution in [1.82, 2.24) is 5.32 Å². The van der Waals surface area contributed by atoms with Crippen LogP contribution in [0.15, 0.2) is 24.3 Å². The van der Waals surface area contributed by atoms with Crippen LogP contribution in [0.2, 0.25) is 5.02 Å². The first-order valence-electron chi connectivity index (χ1n) is 5.88. The number of rotatable bonds is 7. The smallest absolute Gasteiger partial charge is 0.328 e.